The lowest BCUT2D eigenvalue weighted by atomic mass is 10.1. The predicted octanol–water partition coefficient (Wildman–Crippen LogP) is 2.80. The zero-order valence-corrected chi connectivity index (χ0v) is 9.40. The molecular formula is C13H12O4. The van der Waals surface area contributed by atoms with Gasteiger partial charge in [-0.15, -0.1) is 0 Å². The zero-order chi connectivity index (χ0) is 12.0. The maximum atomic E-state index is 11.8. The van der Waals surface area contributed by atoms with Crippen LogP contribution in [-0.4, -0.2) is 18.2 Å². The van der Waals surface area contributed by atoms with Crippen LogP contribution in [0.5, 0.6) is 5.75 Å². The summed E-state index contributed by atoms with van der Waals surface area (Å²) in [6.07, 6.45) is 2.07. The van der Waals surface area contributed by atoms with Gasteiger partial charge in [0, 0.05) is 11.3 Å². The van der Waals surface area contributed by atoms with Crippen molar-refractivity contribution in [3.63, 3.8) is 0 Å². The summed E-state index contributed by atoms with van der Waals surface area (Å²) in [5.41, 5.74) is 1.08. The SMILES string of the molecule is COC(=O)c1c(C2CC2)oc2ccc(O)cc12. The van der Waals surface area contributed by atoms with E-state index in [0.717, 1.165) is 12.8 Å². The van der Waals surface area contributed by atoms with Crippen LogP contribution >= 0.6 is 0 Å². The van der Waals surface area contributed by atoms with Crippen molar-refractivity contribution in [1.29, 1.82) is 0 Å². The van der Waals surface area contributed by atoms with Crippen molar-refractivity contribution < 1.29 is 19.1 Å². The highest BCUT2D eigenvalue weighted by Crippen LogP contribution is 2.45. The highest BCUT2D eigenvalue weighted by atomic mass is 16.5. The minimum Gasteiger partial charge on any atom is -0.508 e. The Morgan fingerprint density at radius 2 is 2.24 bits per heavy atom. The molecule has 1 fully saturated rings. The van der Waals surface area contributed by atoms with E-state index in [2.05, 4.69) is 0 Å². The number of phenols is 1. The molecule has 3 rings (SSSR count). The molecule has 0 atom stereocenters. The van der Waals surface area contributed by atoms with Crippen molar-refractivity contribution in [2.45, 2.75) is 18.8 Å². The summed E-state index contributed by atoms with van der Waals surface area (Å²) in [6.45, 7) is 0. The molecule has 17 heavy (non-hydrogen) atoms. The van der Waals surface area contributed by atoms with Crippen LogP contribution < -0.4 is 0 Å². The molecule has 1 aliphatic rings. The largest absolute Gasteiger partial charge is 0.508 e. The van der Waals surface area contributed by atoms with Crippen LogP contribution in [0.1, 0.15) is 34.9 Å². The minimum atomic E-state index is -0.406. The molecule has 0 radical (unpaired) electrons. The number of methoxy groups -OCH3 is 1. The number of hydrogen-bond acceptors (Lipinski definition) is 4. The number of aromatic hydroxyl groups is 1. The molecule has 0 saturated heterocycles. The summed E-state index contributed by atoms with van der Waals surface area (Å²) in [5.74, 6) is 0.721. The lowest BCUT2D eigenvalue weighted by Gasteiger charge is -1.99. The molecule has 88 valence electrons. The second-order valence-corrected chi connectivity index (χ2v) is 4.29. The molecule has 0 unspecified atom stereocenters. The first-order valence-corrected chi connectivity index (χ1v) is 5.54. The quantitative estimate of drug-likeness (QED) is 0.809. The number of hydrogen-bond donors (Lipinski definition) is 1. The molecule has 4 nitrogen and oxygen atoms in total. The highest BCUT2D eigenvalue weighted by Gasteiger charge is 2.34. The summed E-state index contributed by atoms with van der Waals surface area (Å²) in [5, 5.41) is 10.1. The van der Waals surface area contributed by atoms with Gasteiger partial charge in [-0.1, -0.05) is 0 Å². The number of rotatable bonds is 2. The monoisotopic (exact) mass is 232 g/mol. The van der Waals surface area contributed by atoms with Gasteiger partial charge in [-0.05, 0) is 31.0 Å². The zero-order valence-electron chi connectivity index (χ0n) is 9.40. The summed E-state index contributed by atoms with van der Waals surface area (Å²) in [6, 6.07) is 4.75. The van der Waals surface area contributed by atoms with Gasteiger partial charge in [-0.2, -0.15) is 0 Å². The Morgan fingerprint density at radius 1 is 1.47 bits per heavy atom. The van der Waals surface area contributed by atoms with E-state index in [1.165, 1.54) is 13.2 Å². The molecule has 4 heteroatoms. The van der Waals surface area contributed by atoms with Crippen LogP contribution in [0.3, 0.4) is 0 Å². The van der Waals surface area contributed by atoms with Crippen LogP contribution in [-0.2, 0) is 4.74 Å². The van der Waals surface area contributed by atoms with E-state index in [1.54, 1.807) is 12.1 Å². The van der Waals surface area contributed by atoms with Crippen molar-refractivity contribution >= 4 is 16.9 Å². The Balaban J connectivity index is 2.28. The summed E-state index contributed by atoms with van der Waals surface area (Å²) < 4.78 is 10.5. The molecule has 2 aromatic rings. The number of esters is 1. The fourth-order valence-corrected chi connectivity index (χ4v) is 2.05. The first-order valence-electron chi connectivity index (χ1n) is 5.54. The first-order chi connectivity index (χ1) is 8.20. The first kappa shape index (κ1) is 10.2. The average molecular weight is 232 g/mol. The van der Waals surface area contributed by atoms with Crippen LogP contribution in [0.2, 0.25) is 0 Å². The number of phenolic OH excluding ortho intramolecular Hbond substituents is 1. The normalized spacial score (nSPS) is 15.1. The molecule has 1 aromatic heterocycles. The Hall–Kier alpha value is -1.97. The third-order valence-electron chi connectivity index (χ3n) is 3.04. The fraction of sp³-hybridized carbons (Fsp3) is 0.308. The van der Waals surface area contributed by atoms with Gasteiger partial charge < -0.3 is 14.3 Å². The second-order valence-electron chi connectivity index (χ2n) is 4.29. The number of furan rings is 1. The van der Waals surface area contributed by atoms with Gasteiger partial charge in [0.05, 0.1) is 7.11 Å². The Labute approximate surface area is 97.8 Å². The van der Waals surface area contributed by atoms with Gasteiger partial charge in [0.2, 0.25) is 0 Å². The van der Waals surface area contributed by atoms with Crippen LogP contribution in [0.25, 0.3) is 11.0 Å². The maximum Gasteiger partial charge on any atom is 0.342 e. The van der Waals surface area contributed by atoms with Gasteiger partial charge in [0.1, 0.15) is 22.7 Å². The Kier molecular flexibility index (Phi) is 2.11. The molecule has 0 amide bonds. The number of carbonyl (C=O) groups is 1. The van der Waals surface area contributed by atoms with Gasteiger partial charge >= 0.3 is 5.97 Å². The average Bonchev–Trinajstić information content (AvgIpc) is 3.10. The van der Waals surface area contributed by atoms with Gasteiger partial charge in [0.15, 0.2) is 0 Å². The van der Waals surface area contributed by atoms with E-state index in [-0.39, 0.29) is 5.75 Å². The van der Waals surface area contributed by atoms with Gasteiger partial charge in [-0.3, -0.25) is 0 Å². The lowest BCUT2D eigenvalue weighted by molar-refractivity contribution is 0.0600. The maximum absolute atomic E-state index is 11.8. The van der Waals surface area contributed by atoms with Crippen LogP contribution in [0.4, 0.5) is 0 Å². The second kappa shape index (κ2) is 3.52. The molecule has 1 heterocycles. The Morgan fingerprint density at radius 3 is 2.88 bits per heavy atom. The minimum absolute atomic E-state index is 0.116. The smallest absolute Gasteiger partial charge is 0.342 e. The fourth-order valence-electron chi connectivity index (χ4n) is 2.05. The number of fused-ring (bicyclic) bond motifs is 1. The number of carbonyl (C=O) groups excluding carboxylic acids is 1. The molecule has 1 N–H and O–H groups in total. The third kappa shape index (κ3) is 1.56. The van der Waals surface area contributed by atoms with E-state index in [4.69, 9.17) is 9.15 Å². The summed E-state index contributed by atoms with van der Waals surface area (Å²) in [7, 11) is 1.35. The lowest BCUT2D eigenvalue weighted by Crippen LogP contribution is -2.02. The van der Waals surface area contributed by atoms with Gasteiger partial charge in [0.25, 0.3) is 0 Å². The van der Waals surface area contributed by atoms with Crippen LogP contribution in [0, 0.1) is 0 Å². The molecule has 1 aliphatic carbocycles. The van der Waals surface area contributed by atoms with E-state index >= 15 is 0 Å². The standard InChI is InChI=1S/C13H12O4/c1-16-13(15)11-9-6-8(14)4-5-10(9)17-12(11)7-2-3-7/h4-7,14H,2-3H2,1H3. The van der Waals surface area contributed by atoms with Crippen molar-refractivity contribution in [2.24, 2.45) is 0 Å². The summed E-state index contributed by atoms with van der Waals surface area (Å²) in [4.78, 5) is 11.8. The highest BCUT2D eigenvalue weighted by molar-refractivity contribution is 6.05. The molecule has 0 bridgehead atoms. The molecule has 0 aliphatic heterocycles. The molecule has 1 aromatic carbocycles. The number of ether oxygens (including phenoxy) is 1. The van der Waals surface area contributed by atoms with Crippen molar-refractivity contribution in [3.05, 3.63) is 29.5 Å². The number of benzene rings is 1. The van der Waals surface area contributed by atoms with E-state index < -0.39 is 5.97 Å². The third-order valence-corrected chi connectivity index (χ3v) is 3.04. The van der Waals surface area contributed by atoms with Gasteiger partial charge in [-0.25, -0.2) is 4.79 Å². The summed E-state index contributed by atoms with van der Waals surface area (Å²) >= 11 is 0. The molecule has 1 saturated carbocycles. The van der Waals surface area contributed by atoms with E-state index in [0.29, 0.717) is 28.2 Å². The van der Waals surface area contributed by atoms with Crippen molar-refractivity contribution in [3.8, 4) is 5.75 Å². The molecular weight excluding hydrogens is 220 g/mol. The van der Waals surface area contributed by atoms with E-state index in [9.17, 15) is 9.90 Å². The van der Waals surface area contributed by atoms with Crippen molar-refractivity contribution in [1.82, 2.24) is 0 Å². The topological polar surface area (TPSA) is 59.7 Å². The Bertz CT molecular complexity index is 593. The van der Waals surface area contributed by atoms with Crippen molar-refractivity contribution in [2.75, 3.05) is 7.11 Å². The molecule has 0 spiro atoms. The predicted molar refractivity (Wildman–Crippen MR) is 61.2 cm³/mol. The van der Waals surface area contributed by atoms with Crippen LogP contribution in [0.15, 0.2) is 22.6 Å². The van der Waals surface area contributed by atoms with E-state index in [1.807, 2.05) is 0 Å².